The van der Waals surface area contributed by atoms with E-state index >= 15 is 0 Å². The molecule has 0 spiro atoms. The van der Waals surface area contributed by atoms with Crippen molar-refractivity contribution in [3.63, 3.8) is 0 Å². The van der Waals surface area contributed by atoms with Crippen LogP contribution in [0.25, 0.3) is 0 Å². The van der Waals surface area contributed by atoms with Crippen molar-refractivity contribution in [2.24, 2.45) is 0 Å². The zero-order valence-corrected chi connectivity index (χ0v) is 18.6. The second kappa shape index (κ2) is 10.6. The minimum atomic E-state index is -5.15. The first-order valence-corrected chi connectivity index (χ1v) is 11.3. The van der Waals surface area contributed by atoms with Crippen LogP contribution in [-0.4, -0.2) is 24.4 Å². The summed E-state index contributed by atoms with van der Waals surface area (Å²) in [6, 6.07) is 3.84. The van der Waals surface area contributed by atoms with Crippen molar-refractivity contribution < 1.29 is 49.6 Å². The molecule has 0 aliphatic rings. The van der Waals surface area contributed by atoms with E-state index in [4.69, 9.17) is 13.8 Å². The number of alkyl halides is 6. The zero-order valence-electron chi connectivity index (χ0n) is 17.7. The first-order chi connectivity index (χ1) is 15.7. The normalized spacial score (nSPS) is 12.5. The summed E-state index contributed by atoms with van der Waals surface area (Å²) in [4.78, 5) is 10.3. The number of nitro groups is 1. The molecule has 0 saturated heterocycles. The van der Waals surface area contributed by atoms with E-state index in [0.717, 1.165) is 12.1 Å². The highest BCUT2D eigenvalue weighted by molar-refractivity contribution is 7.53. The molecule has 188 valence electrons. The summed E-state index contributed by atoms with van der Waals surface area (Å²) >= 11 is 0. The molecule has 0 heterocycles. The number of halogens is 6. The highest BCUT2D eigenvalue weighted by Crippen LogP contribution is 2.49. The molecule has 0 radical (unpaired) electrons. The average Bonchev–Trinajstić information content (AvgIpc) is 2.71. The van der Waals surface area contributed by atoms with E-state index in [2.05, 4.69) is 5.32 Å². The van der Waals surface area contributed by atoms with Gasteiger partial charge >= 0.3 is 19.9 Å². The van der Waals surface area contributed by atoms with Gasteiger partial charge in [-0.25, -0.2) is 0 Å². The summed E-state index contributed by atoms with van der Waals surface area (Å²) in [5.41, 5.74) is -4.35. The molecule has 0 atom stereocenters. The van der Waals surface area contributed by atoms with Crippen molar-refractivity contribution in [2.45, 2.75) is 26.2 Å². The molecule has 0 fully saturated rings. The number of nitro benzene ring substituents is 1. The molecule has 0 aliphatic heterocycles. The van der Waals surface area contributed by atoms with Crippen molar-refractivity contribution in [1.82, 2.24) is 0 Å². The van der Waals surface area contributed by atoms with Gasteiger partial charge in [-0.3, -0.25) is 14.7 Å². The Morgan fingerprint density at radius 2 is 1.62 bits per heavy atom. The third kappa shape index (κ3) is 7.08. The molecular formula is C19H19F6N2O6P. The number of ether oxygens (including phenoxy) is 1. The van der Waals surface area contributed by atoms with Crippen LogP contribution in [0.15, 0.2) is 36.4 Å². The van der Waals surface area contributed by atoms with Crippen LogP contribution < -0.4 is 10.1 Å². The Morgan fingerprint density at radius 1 is 1.00 bits per heavy atom. The van der Waals surface area contributed by atoms with Gasteiger partial charge in [0.1, 0.15) is 29.0 Å². The number of nitrogens with one attached hydrogen (secondary N) is 1. The van der Waals surface area contributed by atoms with Crippen LogP contribution in [0.5, 0.6) is 11.5 Å². The van der Waals surface area contributed by atoms with Gasteiger partial charge in [-0.15, -0.1) is 0 Å². The predicted molar refractivity (Wildman–Crippen MR) is 109 cm³/mol. The van der Waals surface area contributed by atoms with Crippen molar-refractivity contribution >= 4 is 19.0 Å². The van der Waals surface area contributed by atoms with Gasteiger partial charge in [-0.1, -0.05) is 6.07 Å². The monoisotopic (exact) mass is 516 g/mol. The maximum atomic E-state index is 13.6. The fraction of sp³-hybridized carbons (Fsp3) is 0.368. The summed E-state index contributed by atoms with van der Waals surface area (Å²) in [5, 5.41) is 13.8. The van der Waals surface area contributed by atoms with Crippen molar-refractivity contribution in [1.29, 1.82) is 0 Å². The van der Waals surface area contributed by atoms with Gasteiger partial charge in [-0.05, 0) is 32.0 Å². The molecule has 0 bridgehead atoms. The molecule has 0 aromatic heterocycles. The Hall–Kier alpha value is -2.83. The lowest BCUT2D eigenvalue weighted by Gasteiger charge is -2.20. The highest BCUT2D eigenvalue weighted by atomic mass is 31.2. The summed E-state index contributed by atoms with van der Waals surface area (Å²) in [6.45, 7) is 2.93. The topological polar surface area (TPSA) is 99.9 Å². The van der Waals surface area contributed by atoms with Crippen LogP contribution in [0.2, 0.25) is 0 Å². The smallest absolute Gasteiger partial charge is 0.420 e. The maximum absolute atomic E-state index is 13.6. The Morgan fingerprint density at radius 3 is 2.12 bits per heavy atom. The molecule has 2 aromatic rings. The highest BCUT2D eigenvalue weighted by Gasteiger charge is 2.38. The van der Waals surface area contributed by atoms with E-state index in [0.29, 0.717) is 18.2 Å². The molecule has 0 amide bonds. The number of nitrogens with zero attached hydrogens (tertiary/aromatic N) is 1. The zero-order chi connectivity index (χ0) is 25.7. The molecule has 2 rings (SSSR count). The first kappa shape index (κ1) is 27.4. The van der Waals surface area contributed by atoms with Crippen LogP contribution >= 0.6 is 7.60 Å². The average molecular weight is 516 g/mol. The van der Waals surface area contributed by atoms with E-state index in [9.17, 15) is 41.0 Å². The number of hydrogen-bond acceptors (Lipinski definition) is 7. The first-order valence-electron chi connectivity index (χ1n) is 9.57. The second-order valence-corrected chi connectivity index (χ2v) is 8.58. The second-order valence-electron chi connectivity index (χ2n) is 6.53. The summed E-state index contributed by atoms with van der Waals surface area (Å²) < 4.78 is 107. The van der Waals surface area contributed by atoms with Gasteiger partial charge in [0, 0.05) is 12.1 Å². The summed E-state index contributed by atoms with van der Waals surface area (Å²) in [5.74, 6) is -1.60. The van der Waals surface area contributed by atoms with Crippen molar-refractivity contribution in [3.05, 3.63) is 57.6 Å². The minimum absolute atomic E-state index is 0.0437. The third-order valence-electron chi connectivity index (χ3n) is 4.10. The SMILES string of the molecule is CCOP(=O)(CNc1cc(Oc2cccc(C(F)(F)F)c2)c(C(F)(F)F)cc1[N+](=O)[O-])OCC. The molecule has 0 aliphatic carbocycles. The molecular weight excluding hydrogens is 497 g/mol. The number of rotatable bonds is 10. The van der Waals surface area contributed by atoms with Gasteiger partial charge in [0.2, 0.25) is 0 Å². The summed E-state index contributed by atoms with van der Waals surface area (Å²) in [7, 11) is -3.81. The van der Waals surface area contributed by atoms with Crippen LogP contribution in [0, 0.1) is 10.1 Å². The fourth-order valence-electron chi connectivity index (χ4n) is 2.73. The van der Waals surface area contributed by atoms with Crippen LogP contribution in [0.4, 0.5) is 37.7 Å². The van der Waals surface area contributed by atoms with Gasteiger partial charge in [0.05, 0.1) is 23.7 Å². The van der Waals surface area contributed by atoms with Gasteiger partial charge < -0.3 is 19.1 Å². The van der Waals surface area contributed by atoms with Gasteiger partial charge in [0.25, 0.3) is 5.69 Å². The molecule has 8 nitrogen and oxygen atoms in total. The fourth-order valence-corrected chi connectivity index (χ4v) is 4.14. The molecule has 2 aromatic carbocycles. The lowest BCUT2D eigenvalue weighted by atomic mass is 10.1. The van der Waals surface area contributed by atoms with E-state index in [-0.39, 0.29) is 19.3 Å². The number of hydrogen-bond donors (Lipinski definition) is 1. The van der Waals surface area contributed by atoms with Gasteiger partial charge in [0.15, 0.2) is 0 Å². The number of anilines is 1. The lowest BCUT2D eigenvalue weighted by molar-refractivity contribution is -0.384. The summed E-state index contributed by atoms with van der Waals surface area (Å²) in [6.07, 6.45) is -10.6. The van der Waals surface area contributed by atoms with Gasteiger partial charge in [-0.2, -0.15) is 26.3 Å². The van der Waals surface area contributed by atoms with E-state index < -0.39 is 65.2 Å². The molecule has 0 saturated carbocycles. The third-order valence-corrected chi connectivity index (χ3v) is 5.95. The predicted octanol–water partition coefficient (Wildman–Crippen LogP) is 7.06. The molecule has 0 unspecified atom stereocenters. The number of benzene rings is 2. The van der Waals surface area contributed by atoms with E-state index in [1.165, 1.54) is 13.8 Å². The largest absolute Gasteiger partial charge is 0.457 e. The van der Waals surface area contributed by atoms with Crippen LogP contribution in [-0.2, 0) is 26.0 Å². The molecule has 15 heteroatoms. The standard InChI is InChI=1S/C19H19F6N2O6P/c1-3-31-34(30,32-4-2)11-26-15-10-17(14(19(23,24)25)9-16(15)27(28)29)33-13-7-5-6-12(8-13)18(20,21)22/h5-10,26H,3-4,11H2,1-2H3. The maximum Gasteiger partial charge on any atom is 0.420 e. The Bertz CT molecular complexity index is 1070. The Balaban J connectivity index is 2.55. The van der Waals surface area contributed by atoms with E-state index in [1.807, 2.05) is 0 Å². The Labute approximate surface area is 189 Å². The van der Waals surface area contributed by atoms with Crippen LogP contribution in [0.1, 0.15) is 25.0 Å². The minimum Gasteiger partial charge on any atom is -0.457 e. The molecule has 34 heavy (non-hydrogen) atoms. The molecule has 1 N–H and O–H groups in total. The lowest BCUT2D eigenvalue weighted by Crippen LogP contribution is -2.12. The van der Waals surface area contributed by atoms with Crippen LogP contribution in [0.3, 0.4) is 0 Å². The van der Waals surface area contributed by atoms with Crippen molar-refractivity contribution in [3.8, 4) is 11.5 Å². The van der Waals surface area contributed by atoms with E-state index in [1.54, 1.807) is 0 Å². The Kier molecular flexibility index (Phi) is 8.56. The quantitative estimate of drug-likeness (QED) is 0.156. The van der Waals surface area contributed by atoms with Crippen molar-refractivity contribution in [2.75, 3.05) is 24.8 Å².